The van der Waals surface area contributed by atoms with Crippen molar-refractivity contribution in [2.45, 2.75) is 19.3 Å². The van der Waals surface area contributed by atoms with Gasteiger partial charge in [0.05, 0.1) is 5.69 Å². The number of amidine groups is 1. The summed E-state index contributed by atoms with van der Waals surface area (Å²) in [5.41, 5.74) is 8.81. The fourth-order valence-electron chi connectivity index (χ4n) is 4.24. The molecule has 8 heteroatoms. The van der Waals surface area contributed by atoms with Gasteiger partial charge in [-0.1, -0.05) is 48.9 Å². The highest BCUT2D eigenvalue weighted by Crippen LogP contribution is 2.27. The van der Waals surface area contributed by atoms with E-state index in [1.54, 1.807) is 36.4 Å². The van der Waals surface area contributed by atoms with Crippen molar-refractivity contribution in [1.82, 2.24) is 4.90 Å². The Kier molecular flexibility index (Phi) is 8.31. The maximum Gasteiger partial charge on any atom is 0.433 e. The van der Waals surface area contributed by atoms with Crippen LogP contribution in [0.2, 0.25) is 0 Å². The maximum absolute atomic E-state index is 13.2. The number of carbonyl (C=O) groups excluding carboxylic acids is 1. The highest BCUT2D eigenvalue weighted by atomic mass is 16.5. The second kappa shape index (κ2) is 12.0. The molecule has 0 bridgehead atoms. The molecule has 8 nitrogen and oxygen atoms in total. The summed E-state index contributed by atoms with van der Waals surface area (Å²) < 4.78 is 5.91. The van der Waals surface area contributed by atoms with Crippen molar-refractivity contribution in [3.8, 4) is 16.9 Å². The first kappa shape index (κ1) is 24.9. The lowest BCUT2D eigenvalue weighted by Gasteiger charge is -2.26. The summed E-state index contributed by atoms with van der Waals surface area (Å²) in [4.78, 5) is 30.0. The van der Waals surface area contributed by atoms with Crippen LogP contribution in [0.3, 0.4) is 0 Å². The normalized spacial score (nSPS) is 14.3. The molecule has 4 N–H and O–H groups in total. The largest absolute Gasteiger partial charge is 0.492 e. The molecule has 0 unspecified atom stereocenters. The van der Waals surface area contributed by atoms with E-state index in [4.69, 9.17) is 15.6 Å². The van der Waals surface area contributed by atoms with E-state index in [2.05, 4.69) is 15.2 Å². The summed E-state index contributed by atoms with van der Waals surface area (Å²) in [7, 11) is 0. The van der Waals surface area contributed by atoms with Crippen LogP contribution in [0.5, 0.6) is 5.75 Å². The number of carbonyl (C=O) groups is 2. The molecule has 1 aliphatic rings. The molecule has 3 aromatic carbocycles. The average Bonchev–Trinajstić information content (AvgIpc) is 2.89. The molecule has 0 atom stereocenters. The molecule has 1 heterocycles. The number of nitrogens with one attached hydrogen (secondary N) is 1. The van der Waals surface area contributed by atoms with Gasteiger partial charge < -0.3 is 20.9 Å². The Labute approximate surface area is 210 Å². The molecule has 0 aromatic heterocycles. The quantitative estimate of drug-likeness (QED) is 0.309. The van der Waals surface area contributed by atoms with E-state index in [1.165, 1.54) is 19.3 Å². The standard InChI is InChI=1S/C28H30N4O4/c29-26(31-28(34)35)24-13-12-21(20-8-3-1-4-9-20)19-25(24)30-27(33)22-10-7-11-23(18-22)36-17-16-32-14-5-2-6-15-32/h1,3-4,7-13,18-19H,2,5-6,14-17H2,(H2,29,31)(H,30,33)(H,34,35). The van der Waals surface area contributed by atoms with E-state index in [0.29, 0.717) is 29.2 Å². The molecule has 36 heavy (non-hydrogen) atoms. The number of nitrogens with two attached hydrogens (primary N) is 1. The lowest BCUT2D eigenvalue weighted by atomic mass is 10.0. The summed E-state index contributed by atoms with van der Waals surface area (Å²) in [5.74, 6) is 0.0446. The van der Waals surface area contributed by atoms with Crippen molar-refractivity contribution in [3.05, 3.63) is 83.9 Å². The predicted molar refractivity (Wildman–Crippen MR) is 141 cm³/mol. The van der Waals surface area contributed by atoms with E-state index >= 15 is 0 Å². The van der Waals surface area contributed by atoms with Crippen molar-refractivity contribution in [1.29, 1.82) is 0 Å². The van der Waals surface area contributed by atoms with E-state index < -0.39 is 6.09 Å². The molecule has 1 saturated heterocycles. The summed E-state index contributed by atoms with van der Waals surface area (Å²) in [6, 6.07) is 21.8. The molecule has 186 valence electrons. The first-order valence-electron chi connectivity index (χ1n) is 12.0. The Morgan fingerprint density at radius 2 is 1.72 bits per heavy atom. The smallest absolute Gasteiger partial charge is 0.433 e. The Morgan fingerprint density at radius 1 is 0.944 bits per heavy atom. The van der Waals surface area contributed by atoms with Crippen LogP contribution >= 0.6 is 0 Å². The van der Waals surface area contributed by atoms with Gasteiger partial charge in [-0.25, -0.2) is 4.79 Å². The van der Waals surface area contributed by atoms with E-state index in [0.717, 1.165) is 30.8 Å². The van der Waals surface area contributed by atoms with Crippen molar-refractivity contribution in [2.24, 2.45) is 10.7 Å². The third-order valence-electron chi connectivity index (χ3n) is 6.09. The zero-order valence-electron chi connectivity index (χ0n) is 20.0. The minimum absolute atomic E-state index is 0.202. The van der Waals surface area contributed by atoms with Crippen molar-refractivity contribution in [2.75, 3.05) is 31.6 Å². The van der Waals surface area contributed by atoms with Gasteiger partial charge in [-0.2, -0.15) is 4.99 Å². The van der Waals surface area contributed by atoms with Crippen LogP contribution in [0.15, 0.2) is 77.8 Å². The van der Waals surface area contributed by atoms with E-state index in [9.17, 15) is 9.59 Å². The summed E-state index contributed by atoms with van der Waals surface area (Å²) in [5, 5.41) is 11.9. The monoisotopic (exact) mass is 486 g/mol. The van der Waals surface area contributed by atoms with Gasteiger partial charge >= 0.3 is 6.09 Å². The number of piperidine rings is 1. The minimum atomic E-state index is -1.41. The number of nitrogens with zero attached hydrogens (tertiary/aromatic N) is 2. The van der Waals surface area contributed by atoms with Crippen LogP contribution in [0, 0.1) is 0 Å². The van der Waals surface area contributed by atoms with Gasteiger partial charge in [-0.15, -0.1) is 0 Å². The molecule has 0 spiro atoms. The first-order chi connectivity index (χ1) is 17.5. The SMILES string of the molecule is NC(=NC(=O)O)c1ccc(-c2ccccc2)cc1NC(=O)c1cccc(OCCN2CCCCC2)c1. The zero-order chi connectivity index (χ0) is 25.3. The van der Waals surface area contributed by atoms with Gasteiger partial charge in [0.2, 0.25) is 0 Å². The molecular weight excluding hydrogens is 456 g/mol. The third kappa shape index (κ3) is 6.70. The number of aliphatic imine (C=N–C) groups is 1. The Morgan fingerprint density at radius 3 is 2.47 bits per heavy atom. The van der Waals surface area contributed by atoms with E-state index in [1.807, 2.05) is 36.4 Å². The van der Waals surface area contributed by atoms with Crippen LogP contribution in [0.1, 0.15) is 35.2 Å². The second-order valence-electron chi connectivity index (χ2n) is 8.64. The highest BCUT2D eigenvalue weighted by molar-refractivity contribution is 6.12. The average molecular weight is 487 g/mol. The number of ether oxygens (including phenoxy) is 1. The Bertz CT molecular complexity index is 1240. The van der Waals surface area contributed by atoms with Gasteiger partial charge in [0, 0.05) is 17.7 Å². The number of likely N-dealkylation sites (tertiary alicyclic amines) is 1. The van der Waals surface area contributed by atoms with Crippen LogP contribution in [-0.4, -0.2) is 54.1 Å². The van der Waals surface area contributed by atoms with Gasteiger partial charge in [0.1, 0.15) is 18.2 Å². The fraction of sp³-hybridized carbons (Fsp3) is 0.250. The number of hydrogen-bond acceptors (Lipinski definition) is 4. The number of carboxylic acid groups (broad SMARTS) is 1. The summed E-state index contributed by atoms with van der Waals surface area (Å²) in [6.45, 7) is 3.61. The highest BCUT2D eigenvalue weighted by Gasteiger charge is 2.15. The molecule has 0 radical (unpaired) electrons. The molecular formula is C28H30N4O4. The Hall–Kier alpha value is -4.17. The lowest BCUT2D eigenvalue weighted by molar-refractivity contribution is 0.102. The van der Waals surface area contributed by atoms with Gasteiger partial charge in [-0.05, 0) is 67.4 Å². The van der Waals surface area contributed by atoms with Gasteiger partial charge in [-0.3, -0.25) is 9.69 Å². The molecule has 1 aliphatic heterocycles. The van der Waals surface area contributed by atoms with Crippen LogP contribution in [0.25, 0.3) is 11.1 Å². The molecule has 1 fully saturated rings. The van der Waals surface area contributed by atoms with Crippen LogP contribution < -0.4 is 15.8 Å². The lowest BCUT2D eigenvalue weighted by Crippen LogP contribution is -2.33. The number of rotatable bonds is 8. The molecule has 2 amide bonds. The number of hydrogen-bond donors (Lipinski definition) is 3. The third-order valence-corrected chi connectivity index (χ3v) is 6.09. The zero-order valence-corrected chi connectivity index (χ0v) is 20.0. The predicted octanol–water partition coefficient (Wildman–Crippen LogP) is 4.85. The second-order valence-corrected chi connectivity index (χ2v) is 8.64. The van der Waals surface area contributed by atoms with Crippen molar-refractivity contribution in [3.63, 3.8) is 0 Å². The maximum atomic E-state index is 13.2. The van der Waals surface area contributed by atoms with Gasteiger partial charge in [0.15, 0.2) is 0 Å². The van der Waals surface area contributed by atoms with Crippen LogP contribution in [-0.2, 0) is 0 Å². The summed E-state index contributed by atoms with van der Waals surface area (Å²) >= 11 is 0. The molecule has 3 aromatic rings. The van der Waals surface area contributed by atoms with Gasteiger partial charge in [0.25, 0.3) is 5.91 Å². The van der Waals surface area contributed by atoms with Crippen molar-refractivity contribution < 1.29 is 19.4 Å². The summed E-state index contributed by atoms with van der Waals surface area (Å²) in [6.07, 6.45) is 2.33. The van der Waals surface area contributed by atoms with E-state index in [-0.39, 0.29) is 11.7 Å². The number of benzene rings is 3. The molecule has 0 saturated carbocycles. The number of amides is 2. The molecule has 0 aliphatic carbocycles. The molecule has 4 rings (SSSR count). The Balaban J connectivity index is 1.52. The van der Waals surface area contributed by atoms with Crippen LogP contribution in [0.4, 0.5) is 10.5 Å². The minimum Gasteiger partial charge on any atom is -0.492 e. The topological polar surface area (TPSA) is 117 Å². The number of anilines is 1. The van der Waals surface area contributed by atoms with Crippen molar-refractivity contribution >= 4 is 23.5 Å². The fourth-order valence-corrected chi connectivity index (χ4v) is 4.24. The first-order valence-corrected chi connectivity index (χ1v) is 12.0.